The molecule has 0 aliphatic heterocycles. The van der Waals surface area contributed by atoms with Crippen molar-refractivity contribution in [2.24, 2.45) is 0 Å². The number of methoxy groups -OCH3 is 1. The van der Waals surface area contributed by atoms with E-state index in [4.69, 9.17) is 9.15 Å². The summed E-state index contributed by atoms with van der Waals surface area (Å²) in [6.45, 7) is 2.44. The van der Waals surface area contributed by atoms with E-state index in [0.29, 0.717) is 0 Å². The molecule has 2 aromatic heterocycles. The van der Waals surface area contributed by atoms with Crippen LogP contribution in [0.25, 0.3) is 11.3 Å². The standard InChI is InChI=1S/C12H16N2O2S/c1-15-6-5-13-4-2-12-14-8-11(16-12)10-3-7-17-9-10/h3,7-9,13H,2,4-6H2,1H3. The molecule has 92 valence electrons. The molecule has 0 fully saturated rings. The SMILES string of the molecule is COCCNCCc1ncc(-c2ccsc2)o1. The summed E-state index contributed by atoms with van der Waals surface area (Å²) in [6.07, 6.45) is 2.58. The summed E-state index contributed by atoms with van der Waals surface area (Å²) in [5.74, 6) is 1.62. The minimum absolute atomic E-state index is 0.728. The number of rotatable bonds is 7. The van der Waals surface area contributed by atoms with Crippen molar-refractivity contribution in [1.29, 1.82) is 0 Å². The minimum Gasteiger partial charge on any atom is -0.441 e. The first-order chi connectivity index (χ1) is 8.40. The van der Waals surface area contributed by atoms with Crippen molar-refractivity contribution in [3.63, 3.8) is 0 Å². The largest absolute Gasteiger partial charge is 0.441 e. The number of oxazole rings is 1. The molecule has 2 heterocycles. The van der Waals surface area contributed by atoms with Crippen molar-refractivity contribution >= 4 is 11.3 Å². The van der Waals surface area contributed by atoms with Crippen LogP contribution in [0.4, 0.5) is 0 Å². The summed E-state index contributed by atoms with van der Waals surface area (Å²) in [6, 6.07) is 2.03. The molecule has 0 spiro atoms. The average Bonchev–Trinajstić information content (AvgIpc) is 2.99. The van der Waals surface area contributed by atoms with Crippen molar-refractivity contribution in [3.8, 4) is 11.3 Å². The fraction of sp³-hybridized carbons (Fsp3) is 0.417. The maximum absolute atomic E-state index is 5.66. The van der Waals surface area contributed by atoms with Crippen LogP contribution in [0.15, 0.2) is 27.4 Å². The third-order valence-electron chi connectivity index (χ3n) is 2.36. The van der Waals surface area contributed by atoms with E-state index in [1.807, 2.05) is 11.4 Å². The molecule has 4 nitrogen and oxygen atoms in total. The fourth-order valence-electron chi connectivity index (χ4n) is 1.46. The quantitative estimate of drug-likeness (QED) is 0.767. The normalized spacial score (nSPS) is 10.9. The highest BCUT2D eigenvalue weighted by Crippen LogP contribution is 2.22. The topological polar surface area (TPSA) is 47.3 Å². The molecule has 5 heteroatoms. The highest BCUT2D eigenvalue weighted by atomic mass is 32.1. The van der Waals surface area contributed by atoms with Crippen LogP contribution in [0.1, 0.15) is 5.89 Å². The molecule has 0 bridgehead atoms. The lowest BCUT2D eigenvalue weighted by Crippen LogP contribution is -2.21. The molecule has 17 heavy (non-hydrogen) atoms. The Bertz CT molecular complexity index is 425. The van der Waals surface area contributed by atoms with Gasteiger partial charge < -0.3 is 14.5 Å². The molecule has 0 unspecified atom stereocenters. The van der Waals surface area contributed by atoms with Crippen LogP contribution in [-0.2, 0) is 11.2 Å². The smallest absolute Gasteiger partial charge is 0.196 e. The van der Waals surface area contributed by atoms with Gasteiger partial charge in [0.2, 0.25) is 0 Å². The molecule has 0 aliphatic carbocycles. The van der Waals surface area contributed by atoms with Crippen LogP contribution >= 0.6 is 11.3 Å². The van der Waals surface area contributed by atoms with Gasteiger partial charge in [0.15, 0.2) is 11.7 Å². The van der Waals surface area contributed by atoms with E-state index < -0.39 is 0 Å². The van der Waals surface area contributed by atoms with Gasteiger partial charge in [0.25, 0.3) is 0 Å². The molecular weight excluding hydrogens is 236 g/mol. The number of nitrogens with zero attached hydrogens (tertiary/aromatic N) is 1. The monoisotopic (exact) mass is 252 g/mol. The Morgan fingerprint density at radius 2 is 2.41 bits per heavy atom. The Kier molecular flexibility index (Phi) is 4.73. The average molecular weight is 252 g/mol. The van der Waals surface area contributed by atoms with Crippen molar-refractivity contribution in [2.45, 2.75) is 6.42 Å². The van der Waals surface area contributed by atoms with Crippen LogP contribution in [0.5, 0.6) is 0 Å². The third-order valence-corrected chi connectivity index (χ3v) is 3.04. The van der Waals surface area contributed by atoms with E-state index in [0.717, 1.165) is 43.3 Å². The maximum Gasteiger partial charge on any atom is 0.196 e. The predicted molar refractivity (Wildman–Crippen MR) is 68.3 cm³/mol. The number of ether oxygens (including phenoxy) is 1. The fourth-order valence-corrected chi connectivity index (χ4v) is 2.10. The number of nitrogens with one attached hydrogen (secondary N) is 1. The van der Waals surface area contributed by atoms with E-state index in [-0.39, 0.29) is 0 Å². The molecule has 1 N–H and O–H groups in total. The first-order valence-corrected chi connectivity index (χ1v) is 6.51. The zero-order valence-corrected chi connectivity index (χ0v) is 10.6. The molecule has 2 aromatic rings. The zero-order valence-electron chi connectivity index (χ0n) is 9.81. The summed E-state index contributed by atoms with van der Waals surface area (Å²) >= 11 is 1.66. The van der Waals surface area contributed by atoms with Gasteiger partial charge in [0, 0.05) is 37.6 Å². The van der Waals surface area contributed by atoms with Crippen molar-refractivity contribution in [3.05, 3.63) is 28.9 Å². The Balaban J connectivity index is 1.79. The van der Waals surface area contributed by atoms with E-state index in [1.165, 1.54) is 0 Å². The number of aromatic nitrogens is 1. The molecule has 0 saturated heterocycles. The second-order valence-electron chi connectivity index (χ2n) is 3.62. The lowest BCUT2D eigenvalue weighted by atomic mass is 10.3. The number of thiophene rings is 1. The Labute approximate surface area is 105 Å². The second kappa shape index (κ2) is 6.54. The van der Waals surface area contributed by atoms with Crippen molar-refractivity contribution < 1.29 is 9.15 Å². The van der Waals surface area contributed by atoms with Crippen LogP contribution in [-0.4, -0.2) is 31.8 Å². The zero-order chi connectivity index (χ0) is 11.9. The molecule has 0 aliphatic rings. The first kappa shape index (κ1) is 12.3. The molecule has 0 radical (unpaired) electrons. The van der Waals surface area contributed by atoms with Gasteiger partial charge in [-0.2, -0.15) is 11.3 Å². The van der Waals surface area contributed by atoms with Crippen LogP contribution in [0.3, 0.4) is 0 Å². The second-order valence-corrected chi connectivity index (χ2v) is 4.40. The van der Waals surface area contributed by atoms with Gasteiger partial charge in [-0.25, -0.2) is 4.98 Å². The summed E-state index contributed by atoms with van der Waals surface area (Å²) in [5.41, 5.74) is 1.10. The van der Waals surface area contributed by atoms with Crippen LogP contribution < -0.4 is 5.32 Å². The van der Waals surface area contributed by atoms with E-state index in [2.05, 4.69) is 15.7 Å². The van der Waals surface area contributed by atoms with Crippen LogP contribution in [0, 0.1) is 0 Å². The van der Waals surface area contributed by atoms with Gasteiger partial charge in [-0.1, -0.05) is 0 Å². The minimum atomic E-state index is 0.728. The summed E-state index contributed by atoms with van der Waals surface area (Å²) in [7, 11) is 1.70. The third kappa shape index (κ3) is 3.66. The number of hydrogen-bond acceptors (Lipinski definition) is 5. The lowest BCUT2D eigenvalue weighted by Gasteiger charge is -2.00. The van der Waals surface area contributed by atoms with Gasteiger partial charge in [-0.3, -0.25) is 0 Å². The highest BCUT2D eigenvalue weighted by molar-refractivity contribution is 7.08. The Morgan fingerprint density at radius 3 is 3.18 bits per heavy atom. The molecule has 0 amide bonds. The molecular formula is C12H16N2O2S. The van der Waals surface area contributed by atoms with Gasteiger partial charge >= 0.3 is 0 Å². The van der Waals surface area contributed by atoms with Gasteiger partial charge in [-0.15, -0.1) is 0 Å². The lowest BCUT2D eigenvalue weighted by molar-refractivity contribution is 0.199. The first-order valence-electron chi connectivity index (χ1n) is 5.57. The van der Waals surface area contributed by atoms with Gasteiger partial charge in [0.1, 0.15) is 0 Å². The van der Waals surface area contributed by atoms with E-state index >= 15 is 0 Å². The van der Waals surface area contributed by atoms with Crippen LogP contribution in [0.2, 0.25) is 0 Å². The molecule has 0 saturated carbocycles. The highest BCUT2D eigenvalue weighted by Gasteiger charge is 2.05. The Morgan fingerprint density at radius 1 is 1.47 bits per heavy atom. The maximum atomic E-state index is 5.66. The summed E-state index contributed by atoms with van der Waals surface area (Å²) in [4.78, 5) is 4.26. The van der Waals surface area contributed by atoms with Crippen molar-refractivity contribution in [2.75, 3.05) is 26.8 Å². The van der Waals surface area contributed by atoms with Gasteiger partial charge in [0.05, 0.1) is 12.8 Å². The number of hydrogen-bond donors (Lipinski definition) is 1. The molecule has 0 aromatic carbocycles. The van der Waals surface area contributed by atoms with E-state index in [9.17, 15) is 0 Å². The summed E-state index contributed by atoms with van der Waals surface area (Å²) < 4.78 is 10.6. The van der Waals surface area contributed by atoms with Gasteiger partial charge in [-0.05, 0) is 11.4 Å². The van der Waals surface area contributed by atoms with E-state index in [1.54, 1.807) is 24.6 Å². The predicted octanol–water partition coefficient (Wildman–Crippen LogP) is 2.18. The molecule has 0 atom stereocenters. The molecule has 2 rings (SSSR count). The summed E-state index contributed by atoms with van der Waals surface area (Å²) in [5, 5.41) is 7.34. The Hall–Kier alpha value is -1.17. The van der Waals surface area contributed by atoms with Crippen molar-refractivity contribution in [1.82, 2.24) is 10.3 Å².